The molecule has 0 aromatic rings. The maximum absolute atomic E-state index is 8.58. The molecule has 4 nitrogen and oxygen atoms in total. The molecule has 4 heteroatoms. The Hall–Kier alpha value is -0.160. The molecule has 1 saturated heterocycles. The number of ether oxygens (including phenoxy) is 3. The summed E-state index contributed by atoms with van der Waals surface area (Å²) in [7, 11) is 1.61. The van der Waals surface area contributed by atoms with Crippen LogP contribution in [0.2, 0.25) is 0 Å². The number of aliphatic hydroxyl groups is 1. The maximum atomic E-state index is 8.58. The van der Waals surface area contributed by atoms with Gasteiger partial charge in [-0.3, -0.25) is 0 Å². The van der Waals surface area contributed by atoms with Crippen LogP contribution < -0.4 is 0 Å². The lowest BCUT2D eigenvalue weighted by atomic mass is 10.1. The Balaban J connectivity index is 1.82. The van der Waals surface area contributed by atoms with Crippen molar-refractivity contribution in [2.24, 2.45) is 0 Å². The van der Waals surface area contributed by atoms with E-state index in [1.165, 1.54) is 0 Å². The molecule has 84 valence electrons. The van der Waals surface area contributed by atoms with Crippen LogP contribution >= 0.6 is 0 Å². The van der Waals surface area contributed by atoms with E-state index in [0.717, 1.165) is 25.7 Å². The summed E-state index contributed by atoms with van der Waals surface area (Å²) in [6.07, 6.45) is 4.86. The Bertz CT molecular complexity index is 140. The van der Waals surface area contributed by atoms with Gasteiger partial charge in [0.05, 0.1) is 12.7 Å². The van der Waals surface area contributed by atoms with E-state index in [1.54, 1.807) is 7.11 Å². The van der Waals surface area contributed by atoms with Gasteiger partial charge in [0.1, 0.15) is 12.9 Å². The van der Waals surface area contributed by atoms with Gasteiger partial charge < -0.3 is 19.3 Å². The van der Waals surface area contributed by atoms with Crippen molar-refractivity contribution in [3.05, 3.63) is 0 Å². The standard InChI is InChI=1S/C10H20O4/c1-12-8-13-7-10-9(14-10)5-3-2-4-6-11/h9-11H,2-8H2,1H3. The van der Waals surface area contributed by atoms with E-state index in [2.05, 4.69) is 0 Å². The molecule has 0 spiro atoms. The quantitative estimate of drug-likeness (QED) is 0.345. The number of hydrogen-bond acceptors (Lipinski definition) is 4. The minimum absolute atomic E-state index is 0.277. The third-order valence-electron chi connectivity index (χ3n) is 2.32. The fourth-order valence-corrected chi connectivity index (χ4v) is 1.46. The molecule has 0 bridgehead atoms. The fraction of sp³-hybridized carbons (Fsp3) is 1.00. The van der Waals surface area contributed by atoms with Gasteiger partial charge in [0.25, 0.3) is 0 Å². The third kappa shape index (κ3) is 4.91. The summed E-state index contributed by atoms with van der Waals surface area (Å²) < 4.78 is 15.3. The van der Waals surface area contributed by atoms with Gasteiger partial charge in [-0.2, -0.15) is 0 Å². The molecule has 1 aliphatic heterocycles. The average molecular weight is 204 g/mol. The van der Waals surface area contributed by atoms with Crippen molar-refractivity contribution in [2.75, 3.05) is 27.1 Å². The number of aliphatic hydroxyl groups excluding tert-OH is 1. The molecule has 1 fully saturated rings. The second kappa shape index (κ2) is 7.17. The highest BCUT2D eigenvalue weighted by molar-refractivity contribution is 4.84. The predicted molar refractivity (Wildman–Crippen MR) is 52.0 cm³/mol. The largest absolute Gasteiger partial charge is 0.396 e. The minimum Gasteiger partial charge on any atom is -0.396 e. The second-order valence-corrected chi connectivity index (χ2v) is 3.56. The Labute approximate surface area is 85.2 Å². The fourth-order valence-electron chi connectivity index (χ4n) is 1.46. The van der Waals surface area contributed by atoms with Crippen LogP contribution in [-0.4, -0.2) is 44.4 Å². The summed E-state index contributed by atoms with van der Waals surface area (Å²) >= 11 is 0. The molecule has 1 heterocycles. The summed E-state index contributed by atoms with van der Waals surface area (Å²) in [5.41, 5.74) is 0. The first kappa shape index (κ1) is 11.9. The predicted octanol–water partition coefficient (Wildman–Crippen LogP) is 0.927. The zero-order valence-corrected chi connectivity index (χ0v) is 8.78. The van der Waals surface area contributed by atoms with E-state index in [9.17, 15) is 0 Å². The summed E-state index contributed by atoms with van der Waals surface area (Å²) in [5.74, 6) is 0. The zero-order valence-electron chi connectivity index (χ0n) is 8.78. The van der Waals surface area contributed by atoms with Crippen molar-refractivity contribution in [2.45, 2.75) is 37.9 Å². The normalized spacial score (nSPS) is 25.3. The lowest BCUT2D eigenvalue weighted by molar-refractivity contribution is -0.0351. The summed E-state index contributed by atoms with van der Waals surface area (Å²) in [4.78, 5) is 0. The van der Waals surface area contributed by atoms with Gasteiger partial charge >= 0.3 is 0 Å². The number of unbranched alkanes of at least 4 members (excludes halogenated alkanes) is 2. The molecule has 0 radical (unpaired) electrons. The first-order valence-electron chi connectivity index (χ1n) is 5.21. The molecule has 0 aromatic heterocycles. The van der Waals surface area contributed by atoms with Gasteiger partial charge in [-0.25, -0.2) is 0 Å². The van der Waals surface area contributed by atoms with Crippen LogP contribution in [0.1, 0.15) is 25.7 Å². The maximum Gasteiger partial charge on any atom is 0.146 e. The Morgan fingerprint density at radius 2 is 2.07 bits per heavy atom. The monoisotopic (exact) mass is 204 g/mol. The van der Waals surface area contributed by atoms with Gasteiger partial charge in [0, 0.05) is 13.7 Å². The van der Waals surface area contributed by atoms with Crippen LogP contribution in [0.3, 0.4) is 0 Å². The van der Waals surface area contributed by atoms with Crippen molar-refractivity contribution < 1.29 is 19.3 Å². The highest BCUT2D eigenvalue weighted by Gasteiger charge is 2.37. The van der Waals surface area contributed by atoms with Crippen LogP contribution in [0, 0.1) is 0 Å². The van der Waals surface area contributed by atoms with Gasteiger partial charge in [-0.05, 0) is 12.8 Å². The van der Waals surface area contributed by atoms with Crippen molar-refractivity contribution in [3.63, 3.8) is 0 Å². The Morgan fingerprint density at radius 3 is 2.79 bits per heavy atom. The van der Waals surface area contributed by atoms with Gasteiger partial charge in [0.2, 0.25) is 0 Å². The summed E-state index contributed by atoms with van der Waals surface area (Å²) in [5, 5.41) is 8.58. The SMILES string of the molecule is COCOCC1OC1CCCCCO. The molecule has 2 unspecified atom stereocenters. The van der Waals surface area contributed by atoms with Crippen molar-refractivity contribution in [1.29, 1.82) is 0 Å². The molecule has 0 amide bonds. The van der Waals surface area contributed by atoms with Crippen molar-refractivity contribution >= 4 is 0 Å². The highest BCUT2D eigenvalue weighted by Crippen LogP contribution is 2.27. The lowest BCUT2D eigenvalue weighted by Gasteiger charge is -1.98. The van der Waals surface area contributed by atoms with Crippen LogP contribution in [0.15, 0.2) is 0 Å². The van der Waals surface area contributed by atoms with E-state index < -0.39 is 0 Å². The molecule has 0 aromatic carbocycles. The molecular weight excluding hydrogens is 184 g/mol. The van der Waals surface area contributed by atoms with Crippen LogP contribution in [0.4, 0.5) is 0 Å². The second-order valence-electron chi connectivity index (χ2n) is 3.56. The topological polar surface area (TPSA) is 51.2 Å². The first-order chi connectivity index (χ1) is 6.88. The third-order valence-corrected chi connectivity index (χ3v) is 2.32. The number of hydrogen-bond donors (Lipinski definition) is 1. The van der Waals surface area contributed by atoms with Gasteiger partial charge in [0.15, 0.2) is 0 Å². The molecule has 0 saturated carbocycles. The average Bonchev–Trinajstić information content (AvgIpc) is 2.92. The molecule has 1 N–H and O–H groups in total. The van der Waals surface area contributed by atoms with Crippen molar-refractivity contribution in [1.82, 2.24) is 0 Å². The summed E-state index contributed by atoms with van der Waals surface area (Å²) in [6, 6.07) is 0. The highest BCUT2D eigenvalue weighted by atomic mass is 16.7. The van der Waals surface area contributed by atoms with E-state index in [0.29, 0.717) is 26.1 Å². The zero-order chi connectivity index (χ0) is 10.2. The van der Waals surface area contributed by atoms with E-state index in [4.69, 9.17) is 19.3 Å². The van der Waals surface area contributed by atoms with Crippen LogP contribution in [-0.2, 0) is 14.2 Å². The lowest BCUT2D eigenvalue weighted by Crippen LogP contribution is -2.06. The Morgan fingerprint density at radius 1 is 1.21 bits per heavy atom. The summed E-state index contributed by atoms with van der Waals surface area (Å²) in [6.45, 7) is 1.28. The van der Waals surface area contributed by atoms with Gasteiger partial charge in [-0.15, -0.1) is 0 Å². The Kier molecular flexibility index (Phi) is 6.10. The number of methoxy groups -OCH3 is 1. The first-order valence-corrected chi connectivity index (χ1v) is 5.21. The molecule has 1 aliphatic rings. The van der Waals surface area contributed by atoms with Crippen molar-refractivity contribution in [3.8, 4) is 0 Å². The number of epoxide rings is 1. The van der Waals surface area contributed by atoms with Crippen LogP contribution in [0.25, 0.3) is 0 Å². The molecular formula is C10H20O4. The molecule has 0 aliphatic carbocycles. The molecule has 14 heavy (non-hydrogen) atoms. The van der Waals surface area contributed by atoms with Gasteiger partial charge in [-0.1, -0.05) is 12.8 Å². The van der Waals surface area contributed by atoms with E-state index in [-0.39, 0.29) is 6.10 Å². The smallest absolute Gasteiger partial charge is 0.146 e. The van der Waals surface area contributed by atoms with E-state index >= 15 is 0 Å². The minimum atomic E-state index is 0.277. The van der Waals surface area contributed by atoms with Crippen LogP contribution in [0.5, 0.6) is 0 Å². The molecule has 1 rings (SSSR count). The number of rotatable bonds is 9. The van der Waals surface area contributed by atoms with E-state index in [1.807, 2.05) is 0 Å². The molecule has 2 atom stereocenters.